The molecule has 0 fully saturated rings. The Labute approximate surface area is 295 Å². The van der Waals surface area contributed by atoms with Crippen LogP contribution in [-0.2, 0) is 0 Å². The molecule has 9 rings (SSSR count). The average Bonchev–Trinajstić information content (AvgIpc) is 3.71. The summed E-state index contributed by atoms with van der Waals surface area (Å²) >= 11 is 0. The molecule has 0 unspecified atom stereocenters. The van der Waals surface area contributed by atoms with Crippen molar-refractivity contribution in [3.63, 3.8) is 0 Å². The van der Waals surface area contributed by atoms with E-state index >= 15 is 0 Å². The third-order valence-electron chi connectivity index (χ3n) is 9.48. The molecule has 9 aromatic rings. The van der Waals surface area contributed by atoms with E-state index in [0.717, 1.165) is 72.4 Å². The first-order valence-corrected chi connectivity index (χ1v) is 17.1. The molecule has 4 aromatic heterocycles. The molecule has 0 aliphatic rings. The zero-order chi connectivity index (χ0) is 34.3. The van der Waals surface area contributed by atoms with Crippen LogP contribution in [0.2, 0.25) is 0 Å². The number of hydrogen-bond donors (Lipinski definition) is 0. The van der Waals surface area contributed by atoms with Gasteiger partial charge in [0.25, 0.3) is 0 Å². The Bertz CT molecular complexity index is 2600. The summed E-state index contributed by atoms with van der Waals surface area (Å²) < 4.78 is 4.45. The summed E-state index contributed by atoms with van der Waals surface area (Å²) in [6.07, 6.45) is 7.75. The number of allylic oxidation sites excluding steroid dienone is 5. The average molecular weight is 656 g/mol. The second-order valence-electron chi connectivity index (χ2n) is 12.6. The maximum atomic E-state index is 5.40. The summed E-state index contributed by atoms with van der Waals surface area (Å²) in [5.74, 6) is 1.39. The highest BCUT2D eigenvalue weighted by molar-refractivity contribution is 6.10. The number of aromatic nitrogens is 5. The van der Waals surface area contributed by atoms with E-state index in [1.807, 2.05) is 30.4 Å². The van der Waals surface area contributed by atoms with Crippen LogP contribution in [0, 0.1) is 0 Å². The minimum absolute atomic E-state index is 0.600. The highest BCUT2D eigenvalue weighted by Gasteiger charge is 2.20. The lowest BCUT2D eigenvalue weighted by Crippen LogP contribution is -2.07. The van der Waals surface area contributed by atoms with Gasteiger partial charge >= 0.3 is 0 Å². The van der Waals surface area contributed by atoms with Crippen LogP contribution in [0.25, 0.3) is 83.5 Å². The standard InChI is InChI=1S/C46H33N5/c1-3-4-6-17-31(2)38-28-33(29-39(47-38)32-18-7-5-8-19-32)40-30-45(50-41-24-13-9-20-34(41)35-21-10-14-25-42(35)50)49-46(48-40)51-43-26-15-11-22-36(43)37-23-12-16-27-44(37)51/h3-30H,1H2,2H3/b6-4-,31-17+. The van der Waals surface area contributed by atoms with Gasteiger partial charge in [0.05, 0.1) is 39.1 Å². The van der Waals surface area contributed by atoms with E-state index in [0.29, 0.717) is 5.95 Å². The number of pyridine rings is 1. The number of fused-ring (bicyclic) bond motifs is 6. The second-order valence-corrected chi connectivity index (χ2v) is 12.6. The zero-order valence-corrected chi connectivity index (χ0v) is 28.1. The molecule has 51 heavy (non-hydrogen) atoms. The van der Waals surface area contributed by atoms with Gasteiger partial charge in [0.2, 0.25) is 5.95 Å². The van der Waals surface area contributed by atoms with Crippen LogP contribution < -0.4 is 0 Å². The molecule has 0 aliphatic heterocycles. The number of hydrogen-bond acceptors (Lipinski definition) is 3. The molecule has 5 nitrogen and oxygen atoms in total. The first kappa shape index (κ1) is 30.2. The molecule has 0 aliphatic carbocycles. The molecule has 0 spiro atoms. The minimum Gasteiger partial charge on any atom is -0.294 e. The highest BCUT2D eigenvalue weighted by atomic mass is 15.2. The van der Waals surface area contributed by atoms with Crippen molar-refractivity contribution in [2.75, 3.05) is 0 Å². The van der Waals surface area contributed by atoms with Gasteiger partial charge in [-0.15, -0.1) is 0 Å². The fourth-order valence-electron chi connectivity index (χ4n) is 7.09. The van der Waals surface area contributed by atoms with E-state index < -0.39 is 0 Å². The lowest BCUT2D eigenvalue weighted by atomic mass is 10.0. The Morgan fingerprint density at radius 2 is 1.02 bits per heavy atom. The monoisotopic (exact) mass is 655 g/mol. The SMILES string of the molecule is C=C/C=C\C=C(/C)c1cc(-c2cc(-n3c4ccccc4c4ccccc43)nc(-n3c4ccccc4c4ccccc43)n2)cc(-c2ccccc2)n1. The van der Waals surface area contributed by atoms with Crippen LogP contribution in [0.1, 0.15) is 12.6 Å². The van der Waals surface area contributed by atoms with Crippen molar-refractivity contribution < 1.29 is 0 Å². The summed E-state index contributed by atoms with van der Waals surface area (Å²) in [5, 5.41) is 4.67. The predicted octanol–water partition coefficient (Wildman–Crippen LogP) is 11.5. The Kier molecular flexibility index (Phi) is 7.44. The van der Waals surface area contributed by atoms with Crippen molar-refractivity contribution in [3.05, 3.63) is 182 Å². The maximum Gasteiger partial charge on any atom is 0.237 e. The van der Waals surface area contributed by atoms with E-state index in [9.17, 15) is 0 Å². The number of nitrogens with zero attached hydrogens (tertiary/aromatic N) is 5. The molecule has 0 saturated heterocycles. The van der Waals surface area contributed by atoms with Gasteiger partial charge in [0, 0.05) is 38.7 Å². The molecule has 0 N–H and O–H groups in total. The smallest absolute Gasteiger partial charge is 0.237 e. The molecule has 0 bridgehead atoms. The van der Waals surface area contributed by atoms with E-state index in [1.165, 1.54) is 10.8 Å². The van der Waals surface area contributed by atoms with Gasteiger partial charge in [-0.2, -0.15) is 4.98 Å². The molecule has 4 heterocycles. The molecule has 5 heteroatoms. The van der Waals surface area contributed by atoms with E-state index in [-0.39, 0.29) is 0 Å². The topological polar surface area (TPSA) is 48.5 Å². The molecule has 242 valence electrons. The first-order valence-electron chi connectivity index (χ1n) is 17.1. The van der Waals surface area contributed by atoms with Gasteiger partial charge in [0.1, 0.15) is 5.82 Å². The second kappa shape index (κ2) is 12.6. The summed E-state index contributed by atoms with van der Waals surface area (Å²) in [5.41, 5.74) is 9.85. The highest BCUT2D eigenvalue weighted by Crippen LogP contribution is 2.36. The van der Waals surface area contributed by atoms with Crippen molar-refractivity contribution >= 4 is 49.2 Å². The van der Waals surface area contributed by atoms with Crippen LogP contribution in [0.15, 0.2) is 176 Å². The van der Waals surface area contributed by atoms with Gasteiger partial charge in [-0.1, -0.05) is 134 Å². The lowest BCUT2D eigenvalue weighted by Gasteiger charge is -2.15. The number of para-hydroxylation sites is 4. The van der Waals surface area contributed by atoms with Gasteiger partial charge < -0.3 is 0 Å². The van der Waals surface area contributed by atoms with Gasteiger partial charge in [-0.25, -0.2) is 9.97 Å². The molecule has 0 amide bonds. The van der Waals surface area contributed by atoms with Crippen LogP contribution in [0.3, 0.4) is 0 Å². The number of rotatable bonds is 7. The van der Waals surface area contributed by atoms with Crippen LogP contribution in [0.4, 0.5) is 0 Å². The van der Waals surface area contributed by atoms with Crippen molar-refractivity contribution in [3.8, 4) is 34.3 Å². The molecule has 0 radical (unpaired) electrons. The van der Waals surface area contributed by atoms with Gasteiger partial charge in [-0.3, -0.25) is 9.13 Å². The van der Waals surface area contributed by atoms with Crippen molar-refractivity contribution in [2.45, 2.75) is 6.92 Å². The largest absolute Gasteiger partial charge is 0.294 e. The Morgan fingerprint density at radius 1 is 0.510 bits per heavy atom. The van der Waals surface area contributed by atoms with Gasteiger partial charge in [0.15, 0.2) is 0 Å². The van der Waals surface area contributed by atoms with Crippen molar-refractivity contribution in [2.24, 2.45) is 0 Å². The molecular formula is C46H33N5. The van der Waals surface area contributed by atoms with Crippen LogP contribution >= 0.6 is 0 Å². The van der Waals surface area contributed by atoms with Crippen LogP contribution in [-0.4, -0.2) is 24.1 Å². The lowest BCUT2D eigenvalue weighted by molar-refractivity contribution is 0.952. The normalized spacial score (nSPS) is 12.1. The fourth-order valence-corrected chi connectivity index (χ4v) is 7.09. The van der Waals surface area contributed by atoms with E-state index in [2.05, 4.69) is 156 Å². The summed E-state index contributed by atoms with van der Waals surface area (Å²) in [6, 6.07) is 50.7. The minimum atomic E-state index is 0.600. The van der Waals surface area contributed by atoms with Crippen molar-refractivity contribution in [1.29, 1.82) is 0 Å². The van der Waals surface area contributed by atoms with Gasteiger partial charge in [-0.05, 0) is 48.9 Å². The Balaban J connectivity index is 1.37. The summed E-state index contributed by atoms with van der Waals surface area (Å²) in [6.45, 7) is 5.91. The predicted molar refractivity (Wildman–Crippen MR) is 212 cm³/mol. The first-order chi connectivity index (χ1) is 25.2. The van der Waals surface area contributed by atoms with Crippen LogP contribution in [0.5, 0.6) is 0 Å². The summed E-state index contributed by atoms with van der Waals surface area (Å²) in [7, 11) is 0. The van der Waals surface area contributed by atoms with E-state index in [1.54, 1.807) is 6.08 Å². The third-order valence-corrected chi connectivity index (χ3v) is 9.48. The Hall–Kier alpha value is -6.85. The molecule has 0 saturated carbocycles. The Morgan fingerprint density at radius 3 is 1.59 bits per heavy atom. The molecule has 0 atom stereocenters. The molecular weight excluding hydrogens is 623 g/mol. The third kappa shape index (κ3) is 5.23. The van der Waals surface area contributed by atoms with E-state index in [4.69, 9.17) is 15.0 Å². The fraction of sp³-hybridized carbons (Fsp3) is 0.0217. The maximum absolute atomic E-state index is 5.40. The summed E-state index contributed by atoms with van der Waals surface area (Å²) in [4.78, 5) is 15.9. The molecule has 5 aromatic carbocycles. The zero-order valence-electron chi connectivity index (χ0n) is 28.1. The quantitative estimate of drug-likeness (QED) is 0.161. The number of benzene rings is 5. The van der Waals surface area contributed by atoms with Crippen molar-refractivity contribution in [1.82, 2.24) is 24.1 Å².